The minimum absolute atomic E-state index is 0.0349. The molecule has 0 radical (unpaired) electrons. The molecule has 0 spiro atoms. The van der Waals surface area contributed by atoms with Crippen molar-refractivity contribution in [3.05, 3.63) is 30.0 Å². The third-order valence-corrected chi connectivity index (χ3v) is 6.64. The van der Waals surface area contributed by atoms with Crippen molar-refractivity contribution in [2.75, 3.05) is 26.2 Å². The third-order valence-electron chi connectivity index (χ3n) is 6.64. The smallest absolute Gasteiger partial charge is 0.253 e. The van der Waals surface area contributed by atoms with E-state index in [1.165, 1.54) is 0 Å². The predicted molar refractivity (Wildman–Crippen MR) is 115 cm³/mol. The molecule has 0 unspecified atom stereocenters. The lowest BCUT2D eigenvalue weighted by Crippen LogP contribution is -2.46. The van der Waals surface area contributed by atoms with Gasteiger partial charge in [0.15, 0.2) is 0 Å². The van der Waals surface area contributed by atoms with E-state index < -0.39 is 5.60 Å². The summed E-state index contributed by atoms with van der Waals surface area (Å²) in [4.78, 5) is 15.2. The van der Waals surface area contributed by atoms with E-state index >= 15 is 0 Å². The summed E-state index contributed by atoms with van der Waals surface area (Å²) < 4.78 is 1.91. The van der Waals surface area contributed by atoms with Crippen LogP contribution in [0.4, 0.5) is 0 Å². The molecule has 158 valence electrons. The maximum atomic E-state index is 12.8. The number of nitrogens with one attached hydrogen (secondary N) is 1. The lowest BCUT2D eigenvalue weighted by molar-refractivity contribution is 0.000298. The highest BCUT2D eigenvalue weighted by molar-refractivity contribution is 6.05. The number of hydrogen-bond donors (Lipinski definition) is 2. The van der Waals surface area contributed by atoms with Crippen molar-refractivity contribution in [3.63, 3.8) is 0 Å². The minimum Gasteiger partial charge on any atom is -0.389 e. The molecule has 1 saturated carbocycles. The molecule has 2 heterocycles. The normalized spacial score (nSPS) is 20.6. The molecular weight excluding hydrogens is 364 g/mol. The minimum atomic E-state index is -0.459. The number of hydrogen-bond acceptors (Lipinski definition) is 4. The van der Waals surface area contributed by atoms with Crippen LogP contribution in [0.2, 0.25) is 0 Å². The second kappa shape index (κ2) is 8.44. The Labute approximate surface area is 173 Å². The summed E-state index contributed by atoms with van der Waals surface area (Å²) in [7, 11) is 0. The van der Waals surface area contributed by atoms with E-state index in [0.717, 1.165) is 69.1 Å². The maximum absolute atomic E-state index is 12.8. The highest BCUT2D eigenvalue weighted by Gasteiger charge is 2.34. The third kappa shape index (κ3) is 4.64. The van der Waals surface area contributed by atoms with Crippen molar-refractivity contribution in [2.45, 2.75) is 64.0 Å². The van der Waals surface area contributed by atoms with Gasteiger partial charge in [-0.25, -0.2) is 0 Å². The number of aromatic nitrogens is 2. The summed E-state index contributed by atoms with van der Waals surface area (Å²) in [5.41, 5.74) is 0.972. The Morgan fingerprint density at radius 3 is 2.69 bits per heavy atom. The van der Waals surface area contributed by atoms with Gasteiger partial charge >= 0.3 is 0 Å². The zero-order valence-electron chi connectivity index (χ0n) is 17.7. The fraction of sp³-hybridized carbons (Fsp3) is 0.652. The van der Waals surface area contributed by atoms with Crippen LogP contribution in [0, 0.1) is 5.92 Å². The molecule has 1 aromatic carbocycles. The van der Waals surface area contributed by atoms with Gasteiger partial charge in [0.05, 0.1) is 11.2 Å². The Hall–Kier alpha value is -1.92. The second-order valence-electron chi connectivity index (χ2n) is 9.31. The molecule has 1 aliphatic heterocycles. The molecule has 0 bridgehead atoms. The van der Waals surface area contributed by atoms with E-state index in [-0.39, 0.29) is 11.9 Å². The van der Waals surface area contributed by atoms with Crippen molar-refractivity contribution in [3.8, 4) is 0 Å². The Kier molecular flexibility index (Phi) is 5.93. The zero-order valence-corrected chi connectivity index (χ0v) is 17.7. The molecule has 0 atom stereocenters. The van der Waals surface area contributed by atoms with Crippen molar-refractivity contribution in [1.29, 1.82) is 0 Å². The number of β-amino-alcohol motifs (C(OH)–C–C–N with tert-alkyl or cyclic N) is 1. The fourth-order valence-electron chi connectivity index (χ4n) is 4.80. The average molecular weight is 399 g/mol. The number of rotatable bonds is 6. The quantitative estimate of drug-likeness (QED) is 0.783. The lowest BCUT2D eigenvalue weighted by Gasteiger charge is -2.36. The second-order valence-corrected chi connectivity index (χ2v) is 9.31. The van der Waals surface area contributed by atoms with Crippen LogP contribution in [0.25, 0.3) is 10.9 Å². The van der Waals surface area contributed by atoms with E-state index in [4.69, 9.17) is 0 Å². The zero-order chi connectivity index (χ0) is 20.4. The van der Waals surface area contributed by atoms with Crippen molar-refractivity contribution in [1.82, 2.24) is 20.0 Å². The number of nitrogens with zero attached hydrogens (tertiary/aromatic N) is 3. The van der Waals surface area contributed by atoms with Crippen LogP contribution in [0.3, 0.4) is 0 Å². The number of carbonyl (C=O) groups is 1. The van der Waals surface area contributed by atoms with E-state index in [2.05, 4.69) is 29.2 Å². The van der Waals surface area contributed by atoms with Gasteiger partial charge in [-0.3, -0.25) is 9.48 Å². The molecule has 2 N–H and O–H groups in total. The SMILES string of the molecule is CC(C)n1cc2cccc(C(=O)NCC3CCN(CC4(O)CCCC4)CC3)c2n1. The number of aliphatic hydroxyl groups is 1. The summed E-state index contributed by atoms with van der Waals surface area (Å²) in [5, 5.41) is 19.4. The van der Waals surface area contributed by atoms with Gasteiger partial charge in [-0.1, -0.05) is 25.0 Å². The van der Waals surface area contributed by atoms with Gasteiger partial charge in [-0.05, 0) is 64.6 Å². The Balaban J connectivity index is 1.30. The summed E-state index contributed by atoms with van der Waals surface area (Å²) in [6, 6.07) is 6.06. The molecule has 6 nitrogen and oxygen atoms in total. The average Bonchev–Trinajstić information content (AvgIpc) is 3.33. The van der Waals surface area contributed by atoms with Crippen molar-refractivity contribution < 1.29 is 9.90 Å². The van der Waals surface area contributed by atoms with Crippen LogP contribution < -0.4 is 5.32 Å². The van der Waals surface area contributed by atoms with Gasteiger partial charge in [0.2, 0.25) is 0 Å². The van der Waals surface area contributed by atoms with Crippen LogP contribution in [0.15, 0.2) is 24.4 Å². The van der Waals surface area contributed by atoms with E-state index in [9.17, 15) is 9.90 Å². The largest absolute Gasteiger partial charge is 0.389 e. The predicted octanol–water partition coefficient (Wildman–Crippen LogP) is 3.36. The molecule has 4 rings (SSSR count). The first-order valence-electron chi connectivity index (χ1n) is 11.1. The molecule has 1 amide bonds. The van der Waals surface area contributed by atoms with Crippen LogP contribution in [0.5, 0.6) is 0 Å². The first kappa shape index (κ1) is 20.4. The molecule has 1 saturated heterocycles. The molecule has 2 aliphatic rings. The van der Waals surface area contributed by atoms with E-state index in [0.29, 0.717) is 18.0 Å². The standard InChI is InChI=1S/C23H34N4O2/c1-17(2)27-15-19-6-5-7-20(21(19)25-27)22(28)24-14-18-8-12-26(13-9-18)16-23(29)10-3-4-11-23/h5-7,15,17-18,29H,3-4,8-14,16H2,1-2H3,(H,24,28). The molecule has 29 heavy (non-hydrogen) atoms. The summed E-state index contributed by atoms with van der Waals surface area (Å²) in [5.74, 6) is 0.466. The molecule has 1 aromatic heterocycles. The van der Waals surface area contributed by atoms with Crippen LogP contribution in [-0.2, 0) is 0 Å². The number of carbonyl (C=O) groups excluding carboxylic acids is 1. The Morgan fingerprint density at radius 1 is 1.28 bits per heavy atom. The molecular formula is C23H34N4O2. The summed E-state index contributed by atoms with van der Waals surface area (Å²) in [6.07, 6.45) is 8.35. The molecule has 6 heteroatoms. The Bertz CT molecular complexity index is 846. The summed E-state index contributed by atoms with van der Waals surface area (Å²) in [6.45, 7) is 7.71. The van der Waals surface area contributed by atoms with Gasteiger partial charge < -0.3 is 15.3 Å². The van der Waals surface area contributed by atoms with E-state index in [1.807, 2.05) is 29.1 Å². The summed E-state index contributed by atoms with van der Waals surface area (Å²) >= 11 is 0. The van der Waals surface area contributed by atoms with Crippen LogP contribution in [-0.4, -0.2) is 57.5 Å². The number of piperidine rings is 1. The highest BCUT2D eigenvalue weighted by Crippen LogP contribution is 2.31. The Morgan fingerprint density at radius 2 is 2.00 bits per heavy atom. The number of fused-ring (bicyclic) bond motifs is 1. The van der Waals surface area contributed by atoms with E-state index in [1.54, 1.807) is 0 Å². The monoisotopic (exact) mass is 398 g/mol. The number of likely N-dealkylation sites (tertiary alicyclic amines) is 1. The van der Waals surface area contributed by atoms with Gasteiger partial charge in [0.1, 0.15) is 5.52 Å². The van der Waals surface area contributed by atoms with Gasteiger partial charge in [-0.2, -0.15) is 5.10 Å². The first-order chi connectivity index (χ1) is 13.9. The maximum Gasteiger partial charge on any atom is 0.253 e. The topological polar surface area (TPSA) is 70.4 Å². The highest BCUT2D eigenvalue weighted by atomic mass is 16.3. The van der Waals surface area contributed by atoms with Crippen LogP contribution >= 0.6 is 0 Å². The van der Waals surface area contributed by atoms with Gasteiger partial charge in [-0.15, -0.1) is 0 Å². The number of amides is 1. The molecule has 2 fully saturated rings. The molecule has 1 aliphatic carbocycles. The van der Waals surface area contributed by atoms with Gasteiger partial charge in [0, 0.05) is 30.7 Å². The first-order valence-corrected chi connectivity index (χ1v) is 11.1. The number of benzene rings is 1. The van der Waals surface area contributed by atoms with Crippen molar-refractivity contribution in [2.24, 2.45) is 5.92 Å². The van der Waals surface area contributed by atoms with Crippen LogP contribution in [0.1, 0.15) is 68.8 Å². The van der Waals surface area contributed by atoms with Crippen molar-refractivity contribution >= 4 is 16.8 Å². The van der Waals surface area contributed by atoms with Gasteiger partial charge in [0.25, 0.3) is 5.91 Å². The lowest BCUT2D eigenvalue weighted by atomic mass is 9.94. The molecule has 2 aromatic rings. The fourth-order valence-corrected chi connectivity index (χ4v) is 4.80.